The van der Waals surface area contributed by atoms with Gasteiger partial charge >= 0.3 is 0 Å². The maximum atomic E-state index is 12.5. The summed E-state index contributed by atoms with van der Waals surface area (Å²) in [5.74, 6) is 0.799. The molecule has 0 saturated carbocycles. The van der Waals surface area contributed by atoms with Crippen molar-refractivity contribution in [3.63, 3.8) is 0 Å². The molecule has 4 aromatic rings. The first-order valence-electron chi connectivity index (χ1n) is 11.7. The van der Waals surface area contributed by atoms with E-state index in [2.05, 4.69) is 43.0 Å². The second kappa shape index (κ2) is 9.97. The van der Waals surface area contributed by atoms with Gasteiger partial charge in [-0.05, 0) is 85.9 Å². The number of anilines is 2. The molecule has 0 bridgehead atoms. The number of carbonyl (C=O) groups excluding carboxylic acids is 1. The van der Waals surface area contributed by atoms with E-state index in [1.54, 1.807) is 12.4 Å². The number of nitrogens with zero attached hydrogens (tertiary/aromatic N) is 3. The lowest BCUT2D eigenvalue weighted by atomic mass is 9.96. The molecular formula is C27H28N6O. The van der Waals surface area contributed by atoms with E-state index >= 15 is 0 Å². The molecule has 2 aromatic heterocycles. The minimum absolute atomic E-state index is 0.0389. The smallest absolute Gasteiger partial charge is 0.227 e. The van der Waals surface area contributed by atoms with Crippen molar-refractivity contribution in [2.45, 2.75) is 25.8 Å². The van der Waals surface area contributed by atoms with Crippen molar-refractivity contribution >= 4 is 28.4 Å². The number of carbonyl (C=O) groups is 1. The standard InChI is InChI=1S/C27H28N6O/c1-18(31-26(34)21-10-14-29-15-11-21)19-2-5-24(6-3-19)32-27-30-17-23-16-22(4-7-25(23)33-27)20-8-12-28-13-9-20/h2-9,12-13,16-18,21,29H,10-11,14-15H2,1H3,(H,31,34)(H,30,32,33)/t18-/m1/s1. The summed E-state index contributed by atoms with van der Waals surface area (Å²) in [4.78, 5) is 25.8. The van der Waals surface area contributed by atoms with E-state index in [4.69, 9.17) is 0 Å². The average Bonchev–Trinajstić information content (AvgIpc) is 2.90. The highest BCUT2D eigenvalue weighted by Gasteiger charge is 2.22. The van der Waals surface area contributed by atoms with Gasteiger partial charge in [0, 0.05) is 35.6 Å². The fraction of sp³-hybridized carbons (Fsp3) is 0.259. The van der Waals surface area contributed by atoms with Crippen LogP contribution in [0.2, 0.25) is 0 Å². The van der Waals surface area contributed by atoms with E-state index < -0.39 is 0 Å². The lowest BCUT2D eigenvalue weighted by molar-refractivity contribution is -0.126. The predicted octanol–water partition coefficient (Wildman–Crippen LogP) is 4.61. The Kier molecular flexibility index (Phi) is 6.44. The molecule has 7 nitrogen and oxygen atoms in total. The number of hydrogen-bond donors (Lipinski definition) is 3. The summed E-state index contributed by atoms with van der Waals surface area (Å²) >= 11 is 0. The van der Waals surface area contributed by atoms with Gasteiger partial charge in [0.25, 0.3) is 0 Å². The molecule has 7 heteroatoms. The fourth-order valence-electron chi connectivity index (χ4n) is 4.30. The van der Waals surface area contributed by atoms with Crippen LogP contribution in [0.5, 0.6) is 0 Å². The molecule has 172 valence electrons. The Morgan fingerprint density at radius 2 is 1.76 bits per heavy atom. The predicted molar refractivity (Wildman–Crippen MR) is 135 cm³/mol. The first kappa shape index (κ1) is 22.0. The van der Waals surface area contributed by atoms with E-state index in [0.717, 1.165) is 59.2 Å². The zero-order valence-electron chi connectivity index (χ0n) is 19.2. The Morgan fingerprint density at radius 1 is 1.00 bits per heavy atom. The quantitative estimate of drug-likeness (QED) is 0.396. The van der Waals surface area contributed by atoms with E-state index in [9.17, 15) is 4.79 Å². The first-order chi connectivity index (χ1) is 16.7. The van der Waals surface area contributed by atoms with Crippen molar-refractivity contribution in [1.29, 1.82) is 0 Å². The average molecular weight is 453 g/mol. The number of rotatable bonds is 6. The lowest BCUT2D eigenvalue weighted by Crippen LogP contribution is -2.39. The Bertz CT molecular complexity index is 1270. The molecule has 0 aliphatic carbocycles. The van der Waals surface area contributed by atoms with Gasteiger partial charge in [-0.3, -0.25) is 9.78 Å². The van der Waals surface area contributed by atoms with E-state index in [1.807, 2.05) is 55.6 Å². The normalized spacial score (nSPS) is 15.1. The van der Waals surface area contributed by atoms with Gasteiger partial charge in [-0.15, -0.1) is 0 Å². The van der Waals surface area contributed by atoms with Crippen molar-refractivity contribution in [3.05, 3.63) is 78.8 Å². The van der Waals surface area contributed by atoms with Crippen LogP contribution < -0.4 is 16.0 Å². The topological polar surface area (TPSA) is 91.8 Å². The Hall–Kier alpha value is -3.84. The van der Waals surface area contributed by atoms with Gasteiger partial charge in [-0.2, -0.15) is 0 Å². The largest absolute Gasteiger partial charge is 0.349 e. The SMILES string of the molecule is C[C@@H](NC(=O)C1CCNCC1)c1ccc(Nc2ncc3cc(-c4ccncc4)ccc3n2)cc1. The number of hydrogen-bond acceptors (Lipinski definition) is 6. The maximum absolute atomic E-state index is 12.5. The molecule has 1 aliphatic heterocycles. The molecule has 5 rings (SSSR count). The van der Waals surface area contributed by atoms with E-state index in [1.165, 1.54) is 0 Å². The van der Waals surface area contributed by atoms with Crippen LogP contribution in [0.25, 0.3) is 22.0 Å². The summed E-state index contributed by atoms with van der Waals surface area (Å²) in [7, 11) is 0. The molecule has 2 aromatic carbocycles. The molecule has 1 fully saturated rings. The Morgan fingerprint density at radius 3 is 2.53 bits per heavy atom. The Labute approximate surface area is 199 Å². The minimum Gasteiger partial charge on any atom is -0.349 e. The van der Waals surface area contributed by atoms with Gasteiger partial charge in [0.05, 0.1) is 11.6 Å². The molecule has 1 atom stereocenters. The third kappa shape index (κ3) is 5.05. The van der Waals surface area contributed by atoms with Crippen molar-refractivity contribution in [1.82, 2.24) is 25.6 Å². The van der Waals surface area contributed by atoms with E-state index in [0.29, 0.717) is 5.95 Å². The third-order valence-electron chi connectivity index (χ3n) is 6.33. The molecule has 1 aliphatic rings. The lowest BCUT2D eigenvalue weighted by Gasteiger charge is -2.24. The molecular weight excluding hydrogens is 424 g/mol. The highest BCUT2D eigenvalue weighted by atomic mass is 16.1. The zero-order chi connectivity index (χ0) is 23.3. The molecule has 0 unspecified atom stereocenters. The molecule has 3 heterocycles. The highest BCUT2D eigenvalue weighted by Crippen LogP contribution is 2.25. The summed E-state index contributed by atoms with van der Waals surface area (Å²) in [5.41, 5.74) is 5.06. The maximum Gasteiger partial charge on any atom is 0.227 e. The number of nitrogens with one attached hydrogen (secondary N) is 3. The van der Waals surface area contributed by atoms with Gasteiger partial charge in [-0.1, -0.05) is 18.2 Å². The summed E-state index contributed by atoms with van der Waals surface area (Å²) < 4.78 is 0. The van der Waals surface area contributed by atoms with Crippen LogP contribution in [-0.2, 0) is 4.79 Å². The highest BCUT2D eigenvalue weighted by molar-refractivity contribution is 5.84. The van der Waals surface area contributed by atoms with Gasteiger partial charge < -0.3 is 16.0 Å². The van der Waals surface area contributed by atoms with Crippen LogP contribution in [0.15, 0.2) is 73.2 Å². The number of fused-ring (bicyclic) bond motifs is 1. The summed E-state index contributed by atoms with van der Waals surface area (Å²) in [6.45, 7) is 3.85. The van der Waals surface area contributed by atoms with Gasteiger partial charge in [0.1, 0.15) is 0 Å². The Balaban J connectivity index is 1.24. The third-order valence-corrected chi connectivity index (χ3v) is 6.33. The van der Waals surface area contributed by atoms with Crippen LogP contribution in [0.1, 0.15) is 31.4 Å². The molecule has 0 radical (unpaired) electrons. The summed E-state index contributed by atoms with van der Waals surface area (Å²) in [6, 6.07) is 18.1. The summed E-state index contributed by atoms with van der Waals surface area (Å²) in [5, 5.41) is 10.7. The van der Waals surface area contributed by atoms with Crippen molar-refractivity contribution in [3.8, 4) is 11.1 Å². The van der Waals surface area contributed by atoms with Crippen LogP contribution >= 0.6 is 0 Å². The van der Waals surface area contributed by atoms with Gasteiger partial charge in [0.2, 0.25) is 11.9 Å². The zero-order valence-corrected chi connectivity index (χ0v) is 19.2. The van der Waals surface area contributed by atoms with Crippen molar-refractivity contribution < 1.29 is 4.79 Å². The number of amides is 1. The van der Waals surface area contributed by atoms with Crippen molar-refractivity contribution in [2.24, 2.45) is 5.92 Å². The number of pyridine rings is 1. The van der Waals surface area contributed by atoms with Crippen molar-refractivity contribution in [2.75, 3.05) is 18.4 Å². The van der Waals surface area contributed by atoms with Crippen LogP contribution in [0.3, 0.4) is 0 Å². The first-order valence-corrected chi connectivity index (χ1v) is 11.7. The summed E-state index contributed by atoms with van der Waals surface area (Å²) in [6.07, 6.45) is 7.22. The monoisotopic (exact) mass is 452 g/mol. The van der Waals surface area contributed by atoms with Gasteiger partial charge in [-0.25, -0.2) is 9.97 Å². The molecule has 1 amide bonds. The number of piperidine rings is 1. The molecule has 0 spiro atoms. The minimum atomic E-state index is -0.0389. The second-order valence-electron chi connectivity index (χ2n) is 8.70. The fourth-order valence-corrected chi connectivity index (χ4v) is 4.30. The van der Waals surface area contributed by atoms with Crippen LogP contribution in [-0.4, -0.2) is 33.9 Å². The van der Waals surface area contributed by atoms with Crippen LogP contribution in [0.4, 0.5) is 11.6 Å². The molecule has 3 N–H and O–H groups in total. The van der Waals surface area contributed by atoms with E-state index in [-0.39, 0.29) is 17.9 Å². The number of aromatic nitrogens is 3. The van der Waals surface area contributed by atoms with Crippen LogP contribution in [0, 0.1) is 5.92 Å². The molecule has 1 saturated heterocycles. The molecule has 34 heavy (non-hydrogen) atoms. The number of benzene rings is 2. The van der Waals surface area contributed by atoms with Gasteiger partial charge in [0.15, 0.2) is 0 Å². The second-order valence-corrected chi connectivity index (χ2v) is 8.70.